The van der Waals surface area contributed by atoms with Crippen LogP contribution in [0.15, 0.2) is 48.5 Å². The number of urea groups is 1. The van der Waals surface area contributed by atoms with Gasteiger partial charge >= 0.3 is 6.03 Å². The Labute approximate surface area is 152 Å². The van der Waals surface area contributed by atoms with E-state index in [-0.39, 0.29) is 18.4 Å². The lowest BCUT2D eigenvalue weighted by Crippen LogP contribution is -2.28. The van der Waals surface area contributed by atoms with Crippen LogP contribution in [0.1, 0.15) is 5.56 Å². The molecule has 0 atom stereocenters. The Morgan fingerprint density at radius 3 is 2.64 bits per heavy atom. The van der Waals surface area contributed by atoms with Gasteiger partial charge in [-0.2, -0.15) is 0 Å². The minimum absolute atomic E-state index is 0.0565. The Balaban J connectivity index is 1.86. The van der Waals surface area contributed by atoms with Gasteiger partial charge in [-0.3, -0.25) is 0 Å². The van der Waals surface area contributed by atoms with Crippen LogP contribution in [-0.2, 0) is 16.4 Å². The summed E-state index contributed by atoms with van der Waals surface area (Å²) in [7, 11) is -3.08. The molecule has 25 heavy (non-hydrogen) atoms. The molecule has 0 bridgehead atoms. The molecular formula is C17H19ClN2O4S. The molecule has 2 N–H and O–H groups in total. The van der Waals surface area contributed by atoms with Gasteiger partial charge in [0.1, 0.15) is 12.4 Å². The van der Waals surface area contributed by atoms with Crippen molar-refractivity contribution in [2.75, 3.05) is 23.9 Å². The van der Waals surface area contributed by atoms with Crippen molar-refractivity contribution < 1.29 is 17.9 Å². The molecule has 6 nitrogen and oxygen atoms in total. The van der Waals surface area contributed by atoms with E-state index in [1.165, 1.54) is 0 Å². The Hall–Kier alpha value is -2.25. The summed E-state index contributed by atoms with van der Waals surface area (Å²) < 4.78 is 27.6. The van der Waals surface area contributed by atoms with Crippen molar-refractivity contribution in [1.82, 2.24) is 5.32 Å². The molecule has 0 aliphatic rings. The van der Waals surface area contributed by atoms with Crippen LogP contribution in [0.4, 0.5) is 10.5 Å². The number of carbonyl (C=O) groups excluding carboxylic acids is 1. The summed E-state index contributed by atoms with van der Waals surface area (Å²) in [4.78, 5) is 12.0. The summed E-state index contributed by atoms with van der Waals surface area (Å²) in [5.74, 6) is 0.413. The fourth-order valence-corrected chi connectivity index (χ4v) is 2.56. The maximum absolute atomic E-state index is 12.0. The van der Waals surface area contributed by atoms with E-state index in [1.54, 1.807) is 30.3 Å². The molecule has 0 fully saturated rings. The molecule has 134 valence electrons. The van der Waals surface area contributed by atoms with Crippen molar-refractivity contribution in [3.05, 3.63) is 59.1 Å². The highest BCUT2D eigenvalue weighted by Crippen LogP contribution is 2.18. The highest BCUT2D eigenvalue weighted by atomic mass is 35.5. The Bertz CT molecular complexity index is 840. The summed E-state index contributed by atoms with van der Waals surface area (Å²) in [6.07, 6.45) is 1.15. The average Bonchev–Trinajstić information content (AvgIpc) is 2.53. The Morgan fingerprint density at radius 2 is 1.92 bits per heavy atom. The van der Waals surface area contributed by atoms with Crippen LogP contribution < -0.4 is 15.4 Å². The number of anilines is 1. The highest BCUT2D eigenvalue weighted by molar-refractivity contribution is 7.90. The van der Waals surface area contributed by atoms with E-state index in [0.29, 0.717) is 23.0 Å². The summed E-state index contributed by atoms with van der Waals surface area (Å²) in [5.41, 5.74) is 1.35. The largest absolute Gasteiger partial charge is 0.492 e. The van der Waals surface area contributed by atoms with Crippen LogP contribution >= 0.6 is 11.6 Å². The molecule has 0 unspecified atom stereocenters. The number of ether oxygens (including phenoxy) is 1. The molecule has 0 aromatic heterocycles. The van der Waals surface area contributed by atoms with Gasteiger partial charge in [0.25, 0.3) is 0 Å². The van der Waals surface area contributed by atoms with Crippen LogP contribution in [0.25, 0.3) is 0 Å². The van der Waals surface area contributed by atoms with Gasteiger partial charge in [0, 0.05) is 29.6 Å². The zero-order valence-corrected chi connectivity index (χ0v) is 15.2. The summed E-state index contributed by atoms with van der Waals surface area (Å²) >= 11 is 6.04. The van der Waals surface area contributed by atoms with Gasteiger partial charge in [-0.15, -0.1) is 0 Å². The van der Waals surface area contributed by atoms with Crippen molar-refractivity contribution in [1.29, 1.82) is 0 Å². The molecule has 2 rings (SSSR count). The van der Waals surface area contributed by atoms with Gasteiger partial charge in [0.05, 0.1) is 5.75 Å². The first-order chi connectivity index (χ1) is 11.8. The monoisotopic (exact) mass is 382 g/mol. The van der Waals surface area contributed by atoms with Crippen LogP contribution in [0.3, 0.4) is 0 Å². The average molecular weight is 383 g/mol. The van der Waals surface area contributed by atoms with Crippen LogP contribution in [-0.4, -0.2) is 33.1 Å². The fourth-order valence-electron chi connectivity index (χ4n) is 1.97. The van der Waals surface area contributed by atoms with Crippen LogP contribution in [0, 0.1) is 0 Å². The van der Waals surface area contributed by atoms with E-state index in [9.17, 15) is 13.2 Å². The van der Waals surface area contributed by atoms with E-state index in [2.05, 4.69) is 10.6 Å². The third kappa shape index (κ3) is 7.03. The molecule has 0 aliphatic carbocycles. The van der Waals surface area contributed by atoms with E-state index < -0.39 is 9.84 Å². The Morgan fingerprint density at radius 1 is 1.16 bits per heavy atom. The standard InChI is InChI=1S/C17H19ClN2O4S/c1-25(22,23)10-9-24-15-7-4-6-14(11-15)20-17(21)19-12-13-5-2-3-8-16(13)18/h2-8,11H,9-10,12H2,1H3,(H2,19,20,21). The number of rotatable bonds is 7. The van der Waals surface area contributed by atoms with E-state index in [0.717, 1.165) is 11.8 Å². The van der Waals surface area contributed by atoms with Crippen molar-refractivity contribution in [3.8, 4) is 5.75 Å². The number of halogens is 1. The number of nitrogens with one attached hydrogen (secondary N) is 2. The van der Waals surface area contributed by atoms with Crippen LogP contribution in [0.2, 0.25) is 5.02 Å². The topological polar surface area (TPSA) is 84.5 Å². The third-order valence-corrected chi connectivity index (χ3v) is 4.49. The number of hydrogen-bond donors (Lipinski definition) is 2. The summed E-state index contributed by atoms with van der Waals surface area (Å²) in [5, 5.41) is 5.99. The lowest BCUT2D eigenvalue weighted by atomic mass is 10.2. The second-order valence-corrected chi connectivity index (χ2v) is 8.07. The number of benzene rings is 2. The Kier molecular flexibility index (Phi) is 6.66. The summed E-state index contributed by atoms with van der Waals surface area (Å²) in [6, 6.07) is 13.6. The molecular weight excluding hydrogens is 364 g/mol. The molecule has 0 heterocycles. The number of hydrogen-bond acceptors (Lipinski definition) is 4. The molecule has 2 amide bonds. The maximum atomic E-state index is 12.0. The number of sulfone groups is 1. The lowest BCUT2D eigenvalue weighted by molar-refractivity contribution is 0.251. The van der Waals surface area contributed by atoms with Crippen molar-refractivity contribution in [2.45, 2.75) is 6.54 Å². The van der Waals surface area contributed by atoms with Gasteiger partial charge in [0.2, 0.25) is 0 Å². The zero-order valence-electron chi connectivity index (χ0n) is 13.7. The quantitative estimate of drug-likeness (QED) is 0.770. The number of carbonyl (C=O) groups is 1. The summed E-state index contributed by atoms with van der Waals surface area (Å²) in [6.45, 7) is 0.358. The van der Waals surface area contributed by atoms with E-state index in [4.69, 9.17) is 16.3 Å². The minimum Gasteiger partial charge on any atom is -0.492 e. The highest BCUT2D eigenvalue weighted by Gasteiger charge is 2.06. The SMILES string of the molecule is CS(=O)(=O)CCOc1cccc(NC(=O)NCc2ccccc2Cl)c1. The smallest absolute Gasteiger partial charge is 0.319 e. The van der Waals surface area contributed by atoms with Gasteiger partial charge < -0.3 is 15.4 Å². The first-order valence-electron chi connectivity index (χ1n) is 7.52. The fraction of sp³-hybridized carbons (Fsp3) is 0.235. The molecule has 8 heteroatoms. The van der Waals surface area contributed by atoms with E-state index >= 15 is 0 Å². The molecule has 0 aliphatic heterocycles. The third-order valence-electron chi connectivity index (χ3n) is 3.21. The normalized spacial score (nSPS) is 11.0. The first-order valence-corrected chi connectivity index (χ1v) is 9.96. The van der Waals surface area contributed by atoms with Crippen molar-refractivity contribution in [2.24, 2.45) is 0 Å². The molecule has 0 spiro atoms. The van der Waals surface area contributed by atoms with Gasteiger partial charge in [0.15, 0.2) is 9.84 Å². The van der Waals surface area contributed by atoms with Crippen LogP contribution in [0.5, 0.6) is 5.75 Å². The van der Waals surface area contributed by atoms with Gasteiger partial charge in [-0.1, -0.05) is 35.9 Å². The molecule has 0 radical (unpaired) electrons. The predicted molar refractivity (Wildman–Crippen MR) is 99.0 cm³/mol. The minimum atomic E-state index is -3.08. The zero-order chi connectivity index (χ0) is 18.3. The second kappa shape index (κ2) is 8.73. The molecule has 2 aromatic carbocycles. The first kappa shape index (κ1) is 19.1. The molecule has 0 saturated heterocycles. The maximum Gasteiger partial charge on any atom is 0.319 e. The predicted octanol–water partition coefficient (Wildman–Crippen LogP) is 3.09. The van der Waals surface area contributed by atoms with Crippen molar-refractivity contribution in [3.63, 3.8) is 0 Å². The van der Waals surface area contributed by atoms with Gasteiger partial charge in [-0.25, -0.2) is 13.2 Å². The lowest BCUT2D eigenvalue weighted by Gasteiger charge is -2.10. The van der Waals surface area contributed by atoms with Gasteiger partial charge in [-0.05, 0) is 23.8 Å². The second-order valence-electron chi connectivity index (χ2n) is 5.41. The molecule has 2 aromatic rings. The molecule has 0 saturated carbocycles. The van der Waals surface area contributed by atoms with Crippen molar-refractivity contribution >= 4 is 33.2 Å². The number of amides is 2. The van der Waals surface area contributed by atoms with E-state index in [1.807, 2.05) is 18.2 Å².